The van der Waals surface area contributed by atoms with E-state index in [1.807, 2.05) is 57.2 Å². The molecule has 1 aromatic rings. The summed E-state index contributed by atoms with van der Waals surface area (Å²) in [5.74, 6) is 0.305. The smallest absolute Gasteiger partial charge is 0.259 e. The number of nitrogens with one attached hydrogen (secondary N) is 1. The molecule has 1 heterocycles. The first-order valence-corrected chi connectivity index (χ1v) is 8.84. The van der Waals surface area contributed by atoms with Crippen molar-refractivity contribution in [3.05, 3.63) is 52.6 Å². The van der Waals surface area contributed by atoms with Gasteiger partial charge in [-0.25, -0.2) is 0 Å². The normalized spacial score (nSPS) is 20.6. The Morgan fingerprint density at radius 3 is 2.43 bits per heavy atom. The predicted octanol–water partition coefficient (Wildman–Crippen LogP) is 3.28. The van der Waals surface area contributed by atoms with Crippen molar-refractivity contribution in [2.45, 2.75) is 26.8 Å². The summed E-state index contributed by atoms with van der Waals surface area (Å²) in [5.41, 5.74) is 3.80. The van der Waals surface area contributed by atoms with E-state index in [0.29, 0.717) is 5.84 Å². The van der Waals surface area contributed by atoms with E-state index in [4.69, 9.17) is 10.7 Å². The minimum absolute atomic E-state index is 0.129. The Kier molecular flexibility index (Phi) is 4.54. The van der Waals surface area contributed by atoms with Crippen LogP contribution >= 0.6 is 10.7 Å². The highest BCUT2D eigenvalue weighted by Gasteiger charge is 2.28. The lowest BCUT2D eigenvalue weighted by Crippen LogP contribution is -2.27. The third kappa shape index (κ3) is 3.95. The van der Waals surface area contributed by atoms with Crippen LogP contribution in [0.5, 0.6) is 0 Å². The minimum Gasteiger partial charge on any atom is -0.259 e. The zero-order valence-corrected chi connectivity index (χ0v) is 13.7. The number of amidine groups is 1. The first-order chi connectivity index (χ1) is 9.78. The van der Waals surface area contributed by atoms with Crippen molar-refractivity contribution in [3.63, 3.8) is 0 Å². The van der Waals surface area contributed by atoms with E-state index in [-0.39, 0.29) is 6.04 Å². The molecule has 6 heteroatoms. The second-order valence-electron chi connectivity index (χ2n) is 5.08. The maximum atomic E-state index is 11.3. The van der Waals surface area contributed by atoms with E-state index in [1.54, 1.807) is 0 Å². The van der Waals surface area contributed by atoms with Gasteiger partial charge in [0, 0.05) is 16.3 Å². The van der Waals surface area contributed by atoms with Crippen LogP contribution in [0.15, 0.2) is 52.0 Å². The molecule has 0 saturated carbocycles. The Morgan fingerprint density at radius 2 is 1.90 bits per heavy atom. The quantitative estimate of drug-likeness (QED) is 0.849. The number of aliphatic imine (C=N–C) groups is 1. The molecule has 0 radical (unpaired) electrons. The van der Waals surface area contributed by atoms with Gasteiger partial charge in [0.1, 0.15) is 5.84 Å². The van der Waals surface area contributed by atoms with Crippen LogP contribution in [0.1, 0.15) is 26.3 Å². The third-order valence-corrected chi connectivity index (χ3v) is 3.81. The Labute approximate surface area is 129 Å². The van der Waals surface area contributed by atoms with Gasteiger partial charge in [0.15, 0.2) is 0 Å². The van der Waals surface area contributed by atoms with Crippen molar-refractivity contribution >= 4 is 31.8 Å². The van der Waals surface area contributed by atoms with Gasteiger partial charge in [-0.1, -0.05) is 35.9 Å². The summed E-state index contributed by atoms with van der Waals surface area (Å²) in [6.07, 6.45) is 2.02. The Balaban J connectivity index is 2.46. The van der Waals surface area contributed by atoms with Crippen molar-refractivity contribution in [2.75, 3.05) is 0 Å². The third-order valence-electron chi connectivity index (χ3n) is 3.14. The Bertz CT molecular complexity index is 730. The van der Waals surface area contributed by atoms with Crippen LogP contribution in [0, 0.1) is 0 Å². The van der Waals surface area contributed by atoms with Crippen molar-refractivity contribution < 1.29 is 8.42 Å². The van der Waals surface area contributed by atoms with Gasteiger partial charge in [-0.2, -0.15) is 8.42 Å². The molecule has 2 rings (SSSR count). The maximum absolute atomic E-state index is 11.3. The van der Waals surface area contributed by atoms with Crippen LogP contribution in [-0.4, -0.2) is 20.3 Å². The monoisotopic (exact) mass is 324 g/mol. The molecule has 112 valence electrons. The predicted molar refractivity (Wildman–Crippen MR) is 87.6 cm³/mol. The van der Waals surface area contributed by atoms with E-state index >= 15 is 0 Å². The molecule has 1 aromatic carbocycles. The summed E-state index contributed by atoms with van der Waals surface area (Å²) in [6, 6.07) is 9.72. The fourth-order valence-corrected chi connectivity index (χ4v) is 2.92. The average Bonchev–Trinajstić information content (AvgIpc) is 2.64. The zero-order valence-electron chi connectivity index (χ0n) is 12.1. The number of nitrogens with zero attached hydrogens (tertiary/aromatic N) is 1. The molecule has 0 saturated heterocycles. The Morgan fingerprint density at radius 1 is 1.29 bits per heavy atom. The highest BCUT2D eigenvalue weighted by molar-refractivity contribution is 8.12. The highest BCUT2D eigenvalue weighted by atomic mass is 35.7. The summed E-state index contributed by atoms with van der Waals surface area (Å²) in [6.45, 7) is 5.77. The molecule has 0 bridgehead atoms. The molecule has 1 aliphatic rings. The number of rotatable bonds is 2. The molecule has 4 nitrogen and oxygen atoms in total. The van der Waals surface area contributed by atoms with Crippen LogP contribution in [0.2, 0.25) is 0 Å². The van der Waals surface area contributed by atoms with Crippen molar-refractivity contribution in [3.8, 4) is 0 Å². The van der Waals surface area contributed by atoms with Gasteiger partial charge in [0.25, 0.3) is 0 Å². The molecule has 21 heavy (non-hydrogen) atoms. The van der Waals surface area contributed by atoms with E-state index in [9.17, 15) is 8.42 Å². The second-order valence-corrected chi connectivity index (χ2v) is 7.38. The van der Waals surface area contributed by atoms with Gasteiger partial charge in [0.05, 0.1) is 6.04 Å². The summed E-state index contributed by atoms with van der Waals surface area (Å²) < 4.78 is 24.8. The number of halogens is 1. The molecule has 1 atom stereocenters. The highest BCUT2D eigenvalue weighted by Crippen LogP contribution is 2.30. The SMILES string of the molecule is CC(C)=C1C(NS(=O)(=O)Cl)=N[C@H](C)/C1=C/c1ccccc1. The fourth-order valence-electron chi connectivity index (χ4n) is 2.31. The molecular formula is C15H17ClN2O2S. The standard InChI is InChI=1S/C15H17ClN2O2S/c1-10(2)14-13(9-12-7-5-4-6-8-12)11(3)17-15(14)18-21(16,19)20/h4-9,11H,1-3H3,(H,17,18)/b13-9-/t11-/m1/s1. The van der Waals surface area contributed by atoms with Crippen LogP contribution in [0.4, 0.5) is 0 Å². The molecule has 0 unspecified atom stereocenters. The van der Waals surface area contributed by atoms with Gasteiger partial charge in [-0.15, -0.1) is 0 Å². The molecule has 0 amide bonds. The van der Waals surface area contributed by atoms with E-state index in [0.717, 1.165) is 22.3 Å². The molecule has 1 N–H and O–H groups in total. The van der Waals surface area contributed by atoms with Crippen molar-refractivity contribution in [1.29, 1.82) is 0 Å². The summed E-state index contributed by atoms with van der Waals surface area (Å²) in [4.78, 5) is 4.37. The average molecular weight is 325 g/mol. The Hall–Kier alpha value is -1.59. The maximum Gasteiger partial charge on any atom is 0.320 e. The van der Waals surface area contributed by atoms with E-state index in [2.05, 4.69) is 9.71 Å². The first-order valence-electron chi connectivity index (χ1n) is 6.53. The second kappa shape index (κ2) is 6.03. The van der Waals surface area contributed by atoms with Gasteiger partial charge < -0.3 is 0 Å². The van der Waals surface area contributed by atoms with Crippen LogP contribution in [0.3, 0.4) is 0 Å². The fraction of sp³-hybridized carbons (Fsp3) is 0.267. The van der Waals surface area contributed by atoms with Gasteiger partial charge in [-0.05, 0) is 38.0 Å². The number of hydrogen-bond donors (Lipinski definition) is 1. The summed E-state index contributed by atoms with van der Waals surface area (Å²) in [5, 5.41) is 0. The molecule has 1 aliphatic heterocycles. The van der Waals surface area contributed by atoms with Gasteiger partial charge >= 0.3 is 9.24 Å². The molecular weight excluding hydrogens is 308 g/mol. The molecule has 0 spiro atoms. The van der Waals surface area contributed by atoms with Crippen LogP contribution in [-0.2, 0) is 9.24 Å². The molecule has 0 aromatic heterocycles. The topological polar surface area (TPSA) is 58.5 Å². The molecule has 0 aliphatic carbocycles. The minimum atomic E-state index is -3.86. The van der Waals surface area contributed by atoms with Crippen LogP contribution < -0.4 is 4.72 Å². The largest absolute Gasteiger partial charge is 0.320 e. The van der Waals surface area contributed by atoms with Gasteiger partial charge in [0.2, 0.25) is 0 Å². The molecule has 0 fully saturated rings. The lowest BCUT2D eigenvalue weighted by atomic mass is 9.96. The van der Waals surface area contributed by atoms with E-state index < -0.39 is 9.24 Å². The van der Waals surface area contributed by atoms with Gasteiger partial charge in [-0.3, -0.25) is 9.71 Å². The number of hydrogen-bond acceptors (Lipinski definition) is 3. The number of benzene rings is 1. The van der Waals surface area contributed by atoms with Crippen molar-refractivity contribution in [1.82, 2.24) is 4.72 Å². The first kappa shape index (κ1) is 15.8. The summed E-state index contributed by atoms with van der Waals surface area (Å²) in [7, 11) is 1.41. The summed E-state index contributed by atoms with van der Waals surface area (Å²) >= 11 is 0. The van der Waals surface area contributed by atoms with Crippen molar-refractivity contribution in [2.24, 2.45) is 4.99 Å². The van der Waals surface area contributed by atoms with E-state index in [1.165, 1.54) is 0 Å². The lowest BCUT2D eigenvalue weighted by molar-refractivity contribution is 0.606. The zero-order chi connectivity index (χ0) is 15.6. The number of allylic oxidation sites excluding steroid dienone is 1. The lowest BCUT2D eigenvalue weighted by Gasteiger charge is -2.10. The van der Waals surface area contributed by atoms with Crippen LogP contribution in [0.25, 0.3) is 6.08 Å².